The molecule has 1 aliphatic heterocycles. The summed E-state index contributed by atoms with van der Waals surface area (Å²) in [5.41, 5.74) is 2.62. The van der Waals surface area contributed by atoms with Gasteiger partial charge in [0.15, 0.2) is 11.5 Å². The van der Waals surface area contributed by atoms with Gasteiger partial charge in [-0.05, 0) is 76.9 Å². The molecule has 5 unspecified atom stereocenters. The van der Waals surface area contributed by atoms with Crippen molar-refractivity contribution < 1.29 is 13.6 Å². The molecule has 1 N–H and O–H groups in total. The Balaban J connectivity index is 1.31. The summed E-state index contributed by atoms with van der Waals surface area (Å²) < 4.78 is 30.8. The van der Waals surface area contributed by atoms with Crippen LogP contribution in [0.5, 0.6) is 0 Å². The van der Waals surface area contributed by atoms with Gasteiger partial charge in [0.05, 0.1) is 5.69 Å². The topological polar surface area (TPSA) is 46.9 Å². The van der Waals surface area contributed by atoms with Gasteiger partial charge in [-0.15, -0.1) is 11.8 Å². The molecule has 174 valence electrons. The molecule has 1 amide bonds. The predicted molar refractivity (Wildman–Crippen MR) is 129 cm³/mol. The van der Waals surface area contributed by atoms with Gasteiger partial charge in [-0.3, -0.25) is 4.79 Å². The van der Waals surface area contributed by atoms with Crippen molar-refractivity contribution in [3.8, 4) is 5.69 Å². The average Bonchev–Trinajstić information content (AvgIpc) is 3.41. The van der Waals surface area contributed by atoms with Gasteiger partial charge in [-0.2, -0.15) is 5.10 Å². The molecule has 2 aromatic rings. The number of rotatable bonds is 4. The fourth-order valence-corrected chi connectivity index (χ4v) is 8.79. The Bertz CT molecular complexity index is 1190. The summed E-state index contributed by atoms with van der Waals surface area (Å²) in [6.45, 7) is 5.36. The summed E-state index contributed by atoms with van der Waals surface area (Å²) in [6, 6.07) is 3.48. The molecule has 5 atom stereocenters. The summed E-state index contributed by atoms with van der Waals surface area (Å²) in [5.74, 6) is 0.489. The summed E-state index contributed by atoms with van der Waals surface area (Å²) in [7, 11) is 0. The highest BCUT2D eigenvalue weighted by atomic mass is 79.9. The number of fused-ring (bicyclic) bond motifs is 5. The van der Waals surface area contributed by atoms with E-state index in [1.165, 1.54) is 29.7 Å². The van der Waals surface area contributed by atoms with Crippen LogP contribution in [0.15, 0.2) is 28.1 Å². The quantitative estimate of drug-likeness (QED) is 0.528. The number of allylic oxidation sites excluding steroid dienone is 1. The molecule has 8 heteroatoms. The second-order valence-corrected chi connectivity index (χ2v) is 13.1. The van der Waals surface area contributed by atoms with Crippen LogP contribution in [0, 0.1) is 34.8 Å². The zero-order valence-corrected chi connectivity index (χ0v) is 21.0. The van der Waals surface area contributed by atoms with Gasteiger partial charge < -0.3 is 5.32 Å². The van der Waals surface area contributed by atoms with Gasteiger partial charge >= 0.3 is 0 Å². The largest absolute Gasteiger partial charge is 0.350 e. The van der Waals surface area contributed by atoms with Crippen LogP contribution in [0.4, 0.5) is 8.78 Å². The van der Waals surface area contributed by atoms with Gasteiger partial charge in [0.25, 0.3) is 5.91 Å². The first-order chi connectivity index (χ1) is 15.7. The van der Waals surface area contributed by atoms with Crippen LogP contribution in [0.1, 0.15) is 60.8 Å². The van der Waals surface area contributed by atoms with E-state index >= 15 is 0 Å². The number of carbonyl (C=O) groups is 1. The van der Waals surface area contributed by atoms with Gasteiger partial charge in [0.2, 0.25) is 0 Å². The van der Waals surface area contributed by atoms with Crippen LogP contribution >= 0.6 is 27.7 Å². The fourth-order valence-electron chi connectivity index (χ4n) is 6.67. The van der Waals surface area contributed by atoms with Crippen LogP contribution in [0.25, 0.3) is 5.69 Å². The number of hydrogen-bond acceptors (Lipinski definition) is 3. The van der Waals surface area contributed by atoms with Crippen LogP contribution < -0.4 is 5.32 Å². The number of nitrogens with zero attached hydrogens (tertiary/aromatic N) is 2. The molecule has 1 aromatic carbocycles. The van der Waals surface area contributed by atoms with Crippen LogP contribution in [-0.4, -0.2) is 27.5 Å². The Morgan fingerprint density at radius 3 is 2.88 bits per heavy atom. The fraction of sp³-hybridized carbons (Fsp3) is 0.520. The van der Waals surface area contributed by atoms with E-state index in [0.717, 1.165) is 33.5 Å². The number of thioether (sulfide) groups is 1. The maximum atomic E-state index is 14.7. The van der Waals surface area contributed by atoms with Crippen LogP contribution in [0.3, 0.4) is 0 Å². The molecule has 3 saturated carbocycles. The maximum Gasteiger partial charge on any atom is 0.272 e. The SMILES string of the molecule is CC1(C)C2CCC(CNC(=O)c3nn(-c4ccc(F)cc4F)c4c3CC3SC(Br)=CC43)C1C2. The lowest BCUT2D eigenvalue weighted by atomic mass is 9.45. The number of aromatic nitrogens is 2. The van der Waals surface area contributed by atoms with E-state index < -0.39 is 11.6 Å². The lowest BCUT2D eigenvalue weighted by molar-refractivity contribution is -0.103. The molecule has 7 rings (SSSR count). The lowest BCUT2D eigenvalue weighted by Crippen LogP contribution is -2.54. The molecular weight excluding hydrogens is 508 g/mol. The smallest absolute Gasteiger partial charge is 0.272 e. The van der Waals surface area contributed by atoms with E-state index in [-0.39, 0.29) is 22.8 Å². The van der Waals surface area contributed by atoms with Crippen molar-refractivity contribution in [2.75, 3.05) is 6.54 Å². The molecule has 33 heavy (non-hydrogen) atoms. The molecule has 1 aromatic heterocycles. The first kappa shape index (κ1) is 21.8. The first-order valence-corrected chi connectivity index (χ1v) is 13.3. The highest BCUT2D eigenvalue weighted by Crippen LogP contribution is 2.61. The lowest BCUT2D eigenvalue weighted by Gasteiger charge is -2.60. The minimum atomic E-state index is -0.687. The van der Waals surface area contributed by atoms with E-state index in [2.05, 4.69) is 46.3 Å². The zero-order valence-electron chi connectivity index (χ0n) is 18.6. The summed E-state index contributed by atoms with van der Waals surface area (Å²) in [6.07, 6.45) is 6.46. The van der Waals surface area contributed by atoms with Crippen molar-refractivity contribution in [2.45, 2.75) is 50.7 Å². The number of halogens is 3. The molecule has 0 spiro atoms. The number of hydrogen-bond donors (Lipinski definition) is 1. The summed E-state index contributed by atoms with van der Waals surface area (Å²) >= 11 is 5.29. The molecule has 0 saturated heterocycles. The van der Waals surface area contributed by atoms with E-state index in [1.54, 1.807) is 11.8 Å². The van der Waals surface area contributed by atoms with Crippen LogP contribution in [0.2, 0.25) is 0 Å². The first-order valence-electron chi connectivity index (χ1n) is 11.6. The molecule has 5 aliphatic rings. The second kappa shape index (κ2) is 7.67. The average molecular weight is 534 g/mol. The standard InChI is InChI=1S/C25H26BrF2N3OS/c1-25(2)13-4-3-12(17(25)7-13)11-29-24(32)22-16-9-20-15(10-21(26)33-20)23(16)31(30-22)19-6-5-14(27)8-18(19)28/h5-6,8,10,12-13,15,17,20H,3-4,7,9,11H2,1-2H3,(H,29,32). The highest BCUT2D eigenvalue weighted by molar-refractivity contribution is 9.14. The Hall–Kier alpha value is -1.67. The predicted octanol–water partition coefficient (Wildman–Crippen LogP) is 5.94. The van der Waals surface area contributed by atoms with Crippen molar-refractivity contribution in [3.05, 3.63) is 56.7 Å². The van der Waals surface area contributed by atoms with Crippen molar-refractivity contribution >= 4 is 33.6 Å². The van der Waals surface area contributed by atoms with E-state index in [0.29, 0.717) is 35.9 Å². The molecule has 2 bridgehead atoms. The normalized spacial score (nSPS) is 30.9. The Morgan fingerprint density at radius 2 is 2.15 bits per heavy atom. The monoisotopic (exact) mass is 533 g/mol. The molecule has 2 heterocycles. The van der Waals surface area contributed by atoms with E-state index in [1.807, 2.05) is 0 Å². The van der Waals surface area contributed by atoms with Gasteiger partial charge in [0, 0.05) is 33.2 Å². The van der Waals surface area contributed by atoms with Gasteiger partial charge in [-0.1, -0.05) is 19.9 Å². The van der Waals surface area contributed by atoms with Gasteiger partial charge in [0.1, 0.15) is 11.5 Å². The number of benzene rings is 1. The summed E-state index contributed by atoms with van der Waals surface area (Å²) in [4.78, 5) is 13.3. The molecule has 0 radical (unpaired) electrons. The Kier molecular flexibility index (Phi) is 5.07. The van der Waals surface area contributed by atoms with Crippen molar-refractivity contribution in [1.82, 2.24) is 15.1 Å². The Morgan fingerprint density at radius 1 is 1.33 bits per heavy atom. The molecular formula is C25H26BrF2N3OS. The number of carbonyl (C=O) groups excluding carboxylic acids is 1. The third-order valence-corrected chi connectivity index (χ3v) is 10.5. The van der Waals surface area contributed by atoms with Gasteiger partial charge in [-0.25, -0.2) is 13.5 Å². The third kappa shape index (κ3) is 3.34. The number of amides is 1. The zero-order chi connectivity index (χ0) is 23.1. The van der Waals surface area contributed by atoms with E-state index in [9.17, 15) is 13.6 Å². The van der Waals surface area contributed by atoms with Crippen molar-refractivity contribution in [2.24, 2.45) is 23.2 Å². The highest BCUT2D eigenvalue weighted by Gasteiger charge is 2.54. The molecule has 4 nitrogen and oxygen atoms in total. The third-order valence-electron chi connectivity index (χ3n) is 8.60. The Labute approximate surface area is 204 Å². The number of nitrogens with one attached hydrogen (secondary N) is 1. The van der Waals surface area contributed by atoms with Crippen molar-refractivity contribution in [3.63, 3.8) is 0 Å². The minimum absolute atomic E-state index is 0.0314. The minimum Gasteiger partial charge on any atom is -0.350 e. The van der Waals surface area contributed by atoms with Crippen LogP contribution in [-0.2, 0) is 6.42 Å². The molecule has 4 aliphatic carbocycles. The van der Waals surface area contributed by atoms with Crippen molar-refractivity contribution in [1.29, 1.82) is 0 Å². The summed E-state index contributed by atoms with van der Waals surface area (Å²) in [5, 5.41) is 7.99. The molecule has 3 fully saturated rings. The maximum absolute atomic E-state index is 14.7. The second-order valence-electron chi connectivity index (χ2n) is 10.5. The van der Waals surface area contributed by atoms with E-state index in [4.69, 9.17) is 0 Å².